The minimum absolute atomic E-state index is 0.238. The van der Waals surface area contributed by atoms with E-state index in [-0.39, 0.29) is 17.7 Å². The third-order valence-electron chi connectivity index (χ3n) is 3.29. The van der Waals surface area contributed by atoms with Crippen LogP contribution in [-0.4, -0.2) is 11.1 Å². The van der Waals surface area contributed by atoms with E-state index >= 15 is 0 Å². The minimum atomic E-state index is -0.353. The van der Waals surface area contributed by atoms with Gasteiger partial charge < -0.3 is 10.5 Å². The quantitative estimate of drug-likeness (QED) is 0.635. The molecule has 1 aliphatic rings. The summed E-state index contributed by atoms with van der Waals surface area (Å²) in [6.07, 6.45) is 1.71. The number of ether oxygens (including phenoxy) is 1. The van der Waals surface area contributed by atoms with E-state index in [4.69, 9.17) is 33.7 Å². The molecule has 4 nitrogen and oxygen atoms in total. The van der Waals surface area contributed by atoms with Gasteiger partial charge in [0, 0.05) is 25.6 Å². The fourth-order valence-corrected chi connectivity index (χ4v) is 3.64. The number of thioether (sulfide) groups is 1. The van der Waals surface area contributed by atoms with Gasteiger partial charge in [0.1, 0.15) is 12.4 Å². The smallest absolute Gasteiger partial charge is 0.286 e. The summed E-state index contributed by atoms with van der Waals surface area (Å²) < 4.78 is 6.75. The second-order valence-electron chi connectivity index (χ2n) is 5.07. The Balaban J connectivity index is 1.85. The van der Waals surface area contributed by atoms with Crippen molar-refractivity contribution in [1.29, 1.82) is 0 Å². The zero-order valence-corrected chi connectivity index (χ0v) is 16.5. The number of nitrogens with two attached hydrogens (primary N) is 1. The maximum Gasteiger partial charge on any atom is 0.286 e. The fraction of sp³-hybridized carbons (Fsp3) is 0.0588. The molecule has 0 fully saturated rings. The van der Waals surface area contributed by atoms with Gasteiger partial charge in [0.2, 0.25) is 0 Å². The number of amidine groups is 1. The Kier molecular flexibility index (Phi) is 5.74. The van der Waals surface area contributed by atoms with Gasteiger partial charge in [0.05, 0.1) is 4.91 Å². The first kappa shape index (κ1) is 18.3. The van der Waals surface area contributed by atoms with Gasteiger partial charge in [-0.1, -0.05) is 45.2 Å². The lowest BCUT2D eigenvalue weighted by atomic mass is 10.2. The molecule has 0 aromatic heterocycles. The van der Waals surface area contributed by atoms with Crippen molar-refractivity contribution in [3.05, 3.63) is 66.9 Å². The van der Waals surface area contributed by atoms with Crippen LogP contribution in [-0.2, 0) is 11.4 Å². The summed E-state index contributed by atoms with van der Waals surface area (Å²) >= 11 is 16.6. The van der Waals surface area contributed by atoms with Crippen LogP contribution >= 0.6 is 50.9 Å². The summed E-state index contributed by atoms with van der Waals surface area (Å²) in [7, 11) is 0. The lowest BCUT2D eigenvalue weighted by molar-refractivity contribution is -0.113. The van der Waals surface area contributed by atoms with Gasteiger partial charge in [-0.2, -0.15) is 4.99 Å². The Morgan fingerprint density at radius 2 is 2.04 bits per heavy atom. The van der Waals surface area contributed by atoms with E-state index in [9.17, 15) is 4.79 Å². The van der Waals surface area contributed by atoms with Crippen LogP contribution in [0.4, 0.5) is 0 Å². The van der Waals surface area contributed by atoms with Gasteiger partial charge in [0.25, 0.3) is 5.91 Å². The highest BCUT2D eigenvalue weighted by Crippen LogP contribution is 2.32. The molecule has 0 saturated carbocycles. The summed E-state index contributed by atoms with van der Waals surface area (Å²) in [6, 6.07) is 10.8. The van der Waals surface area contributed by atoms with E-state index in [1.54, 1.807) is 18.2 Å². The number of hydrogen-bond acceptors (Lipinski definition) is 4. The molecular formula is C17H11BrCl2N2O2S. The van der Waals surface area contributed by atoms with Gasteiger partial charge in [0.15, 0.2) is 5.17 Å². The number of carbonyl (C=O) groups excluding carboxylic acids is 1. The topological polar surface area (TPSA) is 64.7 Å². The first-order valence-electron chi connectivity index (χ1n) is 7.06. The van der Waals surface area contributed by atoms with Crippen molar-refractivity contribution in [3.8, 4) is 5.75 Å². The average molecular weight is 458 g/mol. The molecule has 0 bridgehead atoms. The molecule has 1 aliphatic heterocycles. The zero-order valence-electron chi connectivity index (χ0n) is 12.6. The maximum absolute atomic E-state index is 11.8. The van der Waals surface area contributed by atoms with E-state index in [0.717, 1.165) is 27.4 Å². The molecule has 0 atom stereocenters. The molecule has 0 saturated heterocycles. The zero-order chi connectivity index (χ0) is 18.0. The number of aliphatic imine (C=N–C) groups is 1. The summed E-state index contributed by atoms with van der Waals surface area (Å²) in [6.45, 7) is 0.271. The molecule has 0 radical (unpaired) electrons. The fourth-order valence-electron chi connectivity index (χ4n) is 2.12. The molecule has 2 aromatic carbocycles. The van der Waals surface area contributed by atoms with Gasteiger partial charge >= 0.3 is 0 Å². The third kappa shape index (κ3) is 4.58. The molecule has 25 heavy (non-hydrogen) atoms. The monoisotopic (exact) mass is 456 g/mol. The third-order valence-corrected chi connectivity index (χ3v) is 5.19. The standard InChI is InChI=1S/C17H11BrCl2N2O2S/c18-11-2-4-14(24-8-9-1-3-12(19)7-13(9)20)10(5-11)6-15-16(23)22-17(21)25-15/h1-7H,8H2,(H2,21,22,23)/b15-6+. The molecule has 1 amide bonds. The summed E-state index contributed by atoms with van der Waals surface area (Å²) in [5, 5.41) is 1.34. The molecule has 128 valence electrons. The number of rotatable bonds is 4. The van der Waals surface area contributed by atoms with Crippen LogP contribution in [0.2, 0.25) is 10.0 Å². The Morgan fingerprint density at radius 1 is 1.24 bits per heavy atom. The molecular weight excluding hydrogens is 447 g/mol. The van der Waals surface area contributed by atoms with Crippen LogP contribution in [0.25, 0.3) is 6.08 Å². The highest BCUT2D eigenvalue weighted by atomic mass is 79.9. The van der Waals surface area contributed by atoms with Gasteiger partial charge in [-0.05, 0) is 48.2 Å². The molecule has 0 unspecified atom stereocenters. The SMILES string of the molecule is NC1=NC(=O)/C(=C\c2cc(Br)ccc2OCc2ccc(Cl)cc2Cl)S1. The number of carbonyl (C=O) groups is 1. The summed E-state index contributed by atoms with van der Waals surface area (Å²) in [4.78, 5) is 16.0. The Morgan fingerprint density at radius 3 is 2.72 bits per heavy atom. The molecule has 2 aromatic rings. The summed E-state index contributed by atoms with van der Waals surface area (Å²) in [5.41, 5.74) is 7.13. The van der Waals surface area contributed by atoms with Crippen LogP contribution in [0.15, 0.2) is 50.8 Å². The Hall–Kier alpha value is -1.47. The number of amides is 1. The summed E-state index contributed by atoms with van der Waals surface area (Å²) in [5.74, 6) is 0.259. The van der Waals surface area contributed by atoms with E-state index < -0.39 is 0 Å². The van der Waals surface area contributed by atoms with Gasteiger partial charge in [-0.3, -0.25) is 4.79 Å². The number of benzene rings is 2. The number of hydrogen-bond donors (Lipinski definition) is 1. The van der Waals surface area contributed by atoms with Crippen LogP contribution in [0.5, 0.6) is 5.75 Å². The van der Waals surface area contributed by atoms with Gasteiger partial charge in [-0.25, -0.2) is 0 Å². The van der Waals surface area contributed by atoms with E-state index in [1.165, 1.54) is 0 Å². The number of halogens is 3. The van der Waals surface area contributed by atoms with Crippen molar-refractivity contribution in [2.75, 3.05) is 0 Å². The van der Waals surface area contributed by atoms with Crippen molar-refractivity contribution in [3.63, 3.8) is 0 Å². The lowest BCUT2D eigenvalue weighted by Crippen LogP contribution is -2.01. The molecule has 0 spiro atoms. The van der Waals surface area contributed by atoms with Crippen LogP contribution in [0.1, 0.15) is 11.1 Å². The normalized spacial score (nSPS) is 15.6. The molecule has 0 aliphatic carbocycles. The van der Waals surface area contributed by atoms with E-state index in [2.05, 4.69) is 20.9 Å². The maximum atomic E-state index is 11.8. The predicted octanol–water partition coefficient (Wildman–Crippen LogP) is 5.26. The van der Waals surface area contributed by atoms with Crippen molar-refractivity contribution < 1.29 is 9.53 Å². The first-order valence-corrected chi connectivity index (χ1v) is 9.43. The lowest BCUT2D eigenvalue weighted by Gasteiger charge is -2.11. The molecule has 3 rings (SSSR count). The molecule has 8 heteroatoms. The second kappa shape index (κ2) is 7.83. The Bertz CT molecular complexity index is 916. The first-order chi connectivity index (χ1) is 11.9. The largest absolute Gasteiger partial charge is 0.488 e. The average Bonchev–Trinajstić information content (AvgIpc) is 2.85. The second-order valence-corrected chi connectivity index (χ2v) is 7.89. The van der Waals surface area contributed by atoms with Crippen LogP contribution < -0.4 is 10.5 Å². The van der Waals surface area contributed by atoms with Crippen molar-refractivity contribution in [1.82, 2.24) is 0 Å². The predicted molar refractivity (Wildman–Crippen MR) is 107 cm³/mol. The number of nitrogens with zero attached hydrogens (tertiary/aromatic N) is 1. The van der Waals surface area contributed by atoms with E-state index in [0.29, 0.717) is 20.7 Å². The van der Waals surface area contributed by atoms with E-state index in [1.807, 2.05) is 24.3 Å². The molecule has 2 N–H and O–H groups in total. The van der Waals surface area contributed by atoms with Crippen molar-refractivity contribution >= 4 is 68.0 Å². The minimum Gasteiger partial charge on any atom is -0.488 e. The molecule has 1 heterocycles. The van der Waals surface area contributed by atoms with Crippen molar-refractivity contribution in [2.24, 2.45) is 10.7 Å². The van der Waals surface area contributed by atoms with Crippen molar-refractivity contribution in [2.45, 2.75) is 6.61 Å². The van der Waals surface area contributed by atoms with Crippen LogP contribution in [0, 0.1) is 0 Å². The Labute approximate surface area is 167 Å². The van der Waals surface area contributed by atoms with Crippen LogP contribution in [0.3, 0.4) is 0 Å². The highest BCUT2D eigenvalue weighted by Gasteiger charge is 2.20. The van der Waals surface area contributed by atoms with Gasteiger partial charge in [-0.15, -0.1) is 0 Å². The highest BCUT2D eigenvalue weighted by molar-refractivity contribution is 9.10.